The van der Waals surface area contributed by atoms with Crippen LogP contribution < -0.4 is 5.32 Å². The molecular weight excluding hydrogens is 396 g/mol. The summed E-state index contributed by atoms with van der Waals surface area (Å²) in [5.41, 5.74) is 3.91. The molecule has 0 aliphatic rings. The number of nitrogens with one attached hydrogen (secondary N) is 1. The van der Waals surface area contributed by atoms with Crippen LogP contribution in [0.1, 0.15) is 40.9 Å². The van der Waals surface area contributed by atoms with Gasteiger partial charge < -0.3 is 19.7 Å². The van der Waals surface area contributed by atoms with Crippen molar-refractivity contribution in [2.24, 2.45) is 0 Å². The molecule has 0 unspecified atom stereocenters. The molecule has 7 nitrogen and oxygen atoms in total. The van der Waals surface area contributed by atoms with Crippen molar-refractivity contribution >= 4 is 23.5 Å². The van der Waals surface area contributed by atoms with Crippen molar-refractivity contribution in [1.29, 1.82) is 0 Å². The molecule has 0 saturated carbocycles. The first kappa shape index (κ1) is 24.1. The number of aryl methyl sites for hydroxylation is 2. The molecule has 0 bridgehead atoms. The summed E-state index contributed by atoms with van der Waals surface area (Å²) in [7, 11) is 1.49. The van der Waals surface area contributed by atoms with Crippen LogP contribution in [0.2, 0.25) is 0 Å². The lowest BCUT2D eigenvalue weighted by molar-refractivity contribution is -0.136. The minimum atomic E-state index is -0.599. The highest BCUT2D eigenvalue weighted by Gasteiger charge is 2.17. The van der Waals surface area contributed by atoms with Crippen LogP contribution in [0.3, 0.4) is 0 Å². The molecule has 0 heterocycles. The minimum absolute atomic E-state index is 0.121. The van der Waals surface area contributed by atoms with Gasteiger partial charge in [-0.05, 0) is 56.5 Å². The number of rotatable bonds is 9. The summed E-state index contributed by atoms with van der Waals surface area (Å²) in [6.45, 7) is 7.58. The zero-order chi connectivity index (χ0) is 23.0. The highest BCUT2D eigenvalue weighted by atomic mass is 16.5. The molecule has 2 amide bonds. The SMILES string of the molecule is Cc1cccc(C)c1NC(=O)CN(C)C(=O)COC(=O)c1ccc(COC(C)C)cc1. The highest BCUT2D eigenvalue weighted by molar-refractivity contribution is 5.96. The van der Waals surface area contributed by atoms with E-state index in [9.17, 15) is 14.4 Å². The molecule has 2 aromatic rings. The van der Waals surface area contributed by atoms with E-state index in [0.29, 0.717) is 12.2 Å². The van der Waals surface area contributed by atoms with Gasteiger partial charge in [-0.25, -0.2) is 4.79 Å². The number of carbonyl (C=O) groups is 3. The van der Waals surface area contributed by atoms with Gasteiger partial charge in [0.05, 0.1) is 24.8 Å². The molecule has 0 radical (unpaired) electrons. The van der Waals surface area contributed by atoms with Crippen LogP contribution in [0, 0.1) is 13.8 Å². The summed E-state index contributed by atoms with van der Waals surface area (Å²) in [4.78, 5) is 38.0. The first-order valence-corrected chi connectivity index (χ1v) is 10.1. The van der Waals surface area contributed by atoms with E-state index in [1.54, 1.807) is 24.3 Å². The van der Waals surface area contributed by atoms with Gasteiger partial charge in [0.2, 0.25) is 5.91 Å². The standard InChI is InChI=1S/C24H30N2O5/c1-16(2)30-14-19-9-11-20(12-10-19)24(29)31-15-22(28)26(5)13-21(27)25-23-17(3)7-6-8-18(23)4/h6-12,16H,13-15H2,1-5H3,(H,25,27). The van der Waals surface area contributed by atoms with E-state index in [4.69, 9.17) is 9.47 Å². The van der Waals surface area contributed by atoms with Crippen molar-refractivity contribution in [1.82, 2.24) is 4.90 Å². The van der Waals surface area contributed by atoms with E-state index in [1.165, 1.54) is 11.9 Å². The molecule has 2 rings (SSSR count). The zero-order valence-corrected chi connectivity index (χ0v) is 18.7. The summed E-state index contributed by atoms with van der Waals surface area (Å²) in [5, 5.41) is 2.83. The fourth-order valence-corrected chi connectivity index (χ4v) is 2.81. The number of esters is 1. The number of para-hydroxylation sites is 1. The average Bonchev–Trinajstić information content (AvgIpc) is 2.73. The van der Waals surface area contributed by atoms with E-state index in [2.05, 4.69) is 5.32 Å². The van der Waals surface area contributed by atoms with Crippen LogP contribution in [0.15, 0.2) is 42.5 Å². The van der Waals surface area contributed by atoms with Gasteiger partial charge in [0.25, 0.3) is 5.91 Å². The van der Waals surface area contributed by atoms with Crippen LogP contribution in [-0.2, 0) is 25.7 Å². The van der Waals surface area contributed by atoms with Gasteiger partial charge in [-0.15, -0.1) is 0 Å². The molecule has 0 spiro atoms. The van der Waals surface area contributed by atoms with Crippen LogP contribution in [0.4, 0.5) is 5.69 Å². The van der Waals surface area contributed by atoms with Gasteiger partial charge in [-0.1, -0.05) is 30.3 Å². The van der Waals surface area contributed by atoms with E-state index < -0.39 is 18.5 Å². The Bertz CT molecular complexity index is 902. The maximum atomic E-state index is 12.3. The zero-order valence-electron chi connectivity index (χ0n) is 18.7. The van der Waals surface area contributed by atoms with Gasteiger partial charge in [-0.3, -0.25) is 9.59 Å². The van der Waals surface area contributed by atoms with Crippen LogP contribution in [-0.4, -0.2) is 49.0 Å². The molecule has 7 heteroatoms. The molecule has 0 fully saturated rings. The molecule has 166 valence electrons. The number of benzene rings is 2. The maximum Gasteiger partial charge on any atom is 0.338 e. The van der Waals surface area contributed by atoms with E-state index in [0.717, 1.165) is 22.4 Å². The molecule has 1 N–H and O–H groups in total. The van der Waals surface area contributed by atoms with Crippen molar-refractivity contribution in [3.8, 4) is 0 Å². The van der Waals surface area contributed by atoms with Crippen molar-refractivity contribution in [2.75, 3.05) is 25.5 Å². The topological polar surface area (TPSA) is 84.9 Å². The van der Waals surface area contributed by atoms with E-state index >= 15 is 0 Å². The average molecular weight is 427 g/mol. The number of nitrogens with zero attached hydrogens (tertiary/aromatic N) is 1. The Morgan fingerprint density at radius 2 is 1.61 bits per heavy atom. The lowest BCUT2D eigenvalue weighted by Gasteiger charge is -2.18. The van der Waals surface area contributed by atoms with Crippen molar-refractivity contribution < 1.29 is 23.9 Å². The number of amides is 2. The van der Waals surface area contributed by atoms with E-state index in [1.807, 2.05) is 45.9 Å². The monoisotopic (exact) mass is 426 g/mol. The normalized spacial score (nSPS) is 10.6. The summed E-state index contributed by atoms with van der Waals surface area (Å²) < 4.78 is 10.6. The van der Waals surface area contributed by atoms with Crippen LogP contribution in [0.5, 0.6) is 0 Å². The lowest BCUT2D eigenvalue weighted by atomic mass is 10.1. The molecule has 0 aromatic heterocycles. The highest BCUT2D eigenvalue weighted by Crippen LogP contribution is 2.19. The quantitative estimate of drug-likeness (QED) is 0.621. The Morgan fingerprint density at radius 3 is 2.19 bits per heavy atom. The fourth-order valence-electron chi connectivity index (χ4n) is 2.81. The first-order valence-electron chi connectivity index (χ1n) is 10.1. The third kappa shape index (κ3) is 7.53. The third-order valence-corrected chi connectivity index (χ3v) is 4.65. The maximum absolute atomic E-state index is 12.3. The van der Waals surface area contributed by atoms with Crippen molar-refractivity contribution in [3.05, 3.63) is 64.7 Å². The molecule has 31 heavy (non-hydrogen) atoms. The van der Waals surface area contributed by atoms with Gasteiger partial charge in [0.1, 0.15) is 0 Å². The second kappa shape index (κ2) is 11.3. The number of ether oxygens (including phenoxy) is 2. The second-order valence-corrected chi connectivity index (χ2v) is 7.70. The summed E-state index contributed by atoms with van der Waals surface area (Å²) in [6, 6.07) is 12.6. The van der Waals surface area contributed by atoms with Crippen molar-refractivity contribution in [3.63, 3.8) is 0 Å². The lowest BCUT2D eigenvalue weighted by Crippen LogP contribution is -2.37. The third-order valence-electron chi connectivity index (χ3n) is 4.65. The van der Waals surface area contributed by atoms with Crippen LogP contribution >= 0.6 is 0 Å². The van der Waals surface area contributed by atoms with Crippen molar-refractivity contribution in [2.45, 2.75) is 40.4 Å². The first-order chi connectivity index (χ1) is 14.7. The minimum Gasteiger partial charge on any atom is -0.452 e. The largest absolute Gasteiger partial charge is 0.452 e. The molecule has 0 aliphatic heterocycles. The second-order valence-electron chi connectivity index (χ2n) is 7.70. The Balaban J connectivity index is 1.81. The number of anilines is 1. The summed E-state index contributed by atoms with van der Waals surface area (Å²) in [5.74, 6) is -1.39. The number of hydrogen-bond donors (Lipinski definition) is 1. The predicted octanol–water partition coefficient (Wildman–Crippen LogP) is 3.48. The molecule has 0 saturated heterocycles. The molecule has 0 atom stereocenters. The molecular formula is C24H30N2O5. The summed E-state index contributed by atoms with van der Waals surface area (Å²) >= 11 is 0. The number of likely N-dealkylation sites (N-methyl/N-ethyl adjacent to an activating group) is 1. The Hall–Kier alpha value is -3.19. The Morgan fingerprint density at radius 1 is 1.00 bits per heavy atom. The smallest absolute Gasteiger partial charge is 0.338 e. The Labute approximate surface area is 183 Å². The van der Waals surface area contributed by atoms with Gasteiger partial charge in [-0.2, -0.15) is 0 Å². The van der Waals surface area contributed by atoms with E-state index in [-0.39, 0.29) is 18.6 Å². The fraction of sp³-hybridized carbons (Fsp3) is 0.375. The van der Waals surface area contributed by atoms with Gasteiger partial charge in [0.15, 0.2) is 6.61 Å². The van der Waals surface area contributed by atoms with Gasteiger partial charge in [0, 0.05) is 12.7 Å². The Kier molecular flexibility index (Phi) is 8.75. The van der Waals surface area contributed by atoms with Crippen LogP contribution in [0.25, 0.3) is 0 Å². The molecule has 0 aliphatic carbocycles. The van der Waals surface area contributed by atoms with Gasteiger partial charge >= 0.3 is 5.97 Å². The molecule has 2 aromatic carbocycles. The number of carbonyl (C=O) groups excluding carboxylic acids is 3. The number of hydrogen-bond acceptors (Lipinski definition) is 5. The predicted molar refractivity (Wildman–Crippen MR) is 119 cm³/mol. The summed E-state index contributed by atoms with van der Waals surface area (Å²) in [6.07, 6.45) is 0.121.